The molecule has 26 heavy (non-hydrogen) atoms. The van der Waals surface area contributed by atoms with Gasteiger partial charge in [0.15, 0.2) is 12.2 Å². The number of nitrogens with zero attached hydrogens (tertiary/aromatic N) is 4. The van der Waals surface area contributed by atoms with Crippen LogP contribution in [0.15, 0.2) is 46.8 Å². The summed E-state index contributed by atoms with van der Waals surface area (Å²) in [6, 6.07) is 4.37. The lowest BCUT2D eigenvalue weighted by Crippen LogP contribution is -2.64. The molecule has 138 valence electrons. The fourth-order valence-electron chi connectivity index (χ4n) is 3.12. The SMILES string of the molecule is C=CCN1C(=O)C2C(N=C(c3ccc(S(=O)(=O)O)cc3)N2C)N(C)C1=O. The summed E-state index contributed by atoms with van der Waals surface area (Å²) in [4.78, 5) is 33.5. The van der Waals surface area contributed by atoms with Gasteiger partial charge in [-0.2, -0.15) is 8.42 Å². The number of fused-ring (bicyclic) bond motifs is 1. The van der Waals surface area contributed by atoms with E-state index in [2.05, 4.69) is 11.6 Å². The van der Waals surface area contributed by atoms with E-state index in [4.69, 9.17) is 4.55 Å². The van der Waals surface area contributed by atoms with Gasteiger partial charge < -0.3 is 9.80 Å². The molecule has 1 aromatic carbocycles. The molecular weight excluding hydrogens is 360 g/mol. The summed E-state index contributed by atoms with van der Waals surface area (Å²) in [5.74, 6) is 0.0872. The van der Waals surface area contributed by atoms with Crippen molar-refractivity contribution in [2.45, 2.75) is 17.1 Å². The van der Waals surface area contributed by atoms with E-state index < -0.39 is 28.4 Å². The van der Waals surface area contributed by atoms with E-state index >= 15 is 0 Å². The summed E-state index contributed by atoms with van der Waals surface area (Å²) in [6.45, 7) is 3.68. The van der Waals surface area contributed by atoms with Crippen LogP contribution in [0, 0.1) is 0 Å². The van der Waals surface area contributed by atoms with E-state index in [0.29, 0.717) is 11.4 Å². The largest absolute Gasteiger partial charge is 0.344 e. The molecule has 0 spiro atoms. The Balaban J connectivity index is 1.96. The van der Waals surface area contributed by atoms with Crippen molar-refractivity contribution in [3.05, 3.63) is 42.5 Å². The summed E-state index contributed by atoms with van der Waals surface area (Å²) in [5, 5.41) is 0. The van der Waals surface area contributed by atoms with Crippen LogP contribution < -0.4 is 0 Å². The molecule has 2 atom stereocenters. The average molecular weight is 378 g/mol. The smallest absolute Gasteiger partial charge is 0.328 e. The number of rotatable bonds is 4. The molecule has 2 aliphatic rings. The van der Waals surface area contributed by atoms with Gasteiger partial charge in [-0.05, 0) is 24.3 Å². The zero-order valence-electron chi connectivity index (χ0n) is 14.2. The van der Waals surface area contributed by atoms with E-state index in [-0.39, 0.29) is 17.3 Å². The summed E-state index contributed by atoms with van der Waals surface area (Å²) in [6.07, 6.45) is 0.812. The van der Waals surface area contributed by atoms with E-state index in [0.717, 1.165) is 4.90 Å². The molecule has 3 amide bonds. The lowest BCUT2D eigenvalue weighted by Gasteiger charge is -2.40. The summed E-state index contributed by atoms with van der Waals surface area (Å²) in [5.41, 5.74) is 0.568. The van der Waals surface area contributed by atoms with Crippen LogP contribution in [0.4, 0.5) is 4.79 Å². The number of imide groups is 1. The van der Waals surface area contributed by atoms with Gasteiger partial charge in [0.05, 0.1) is 4.90 Å². The number of hydrogen-bond donors (Lipinski definition) is 1. The Hall–Kier alpha value is -2.72. The van der Waals surface area contributed by atoms with Crippen LogP contribution in [0.25, 0.3) is 0 Å². The van der Waals surface area contributed by atoms with Crippen molar-refractivity contribution < 1.29 is 22.6 Å². The highest BCUT2D eigenvalue weighted by atomic mass is 32.2. The van der Waals surface area contributed by atoms with E-state index in [9.17, 15) is 18.0 Å². The number of benzene rings is 1. The van der Waals surface area contributed by atoms with Crippen molar-refractivity contribution in [2.24, 2.45) is 4.99 Å². The van der Waals surface area contributed by atoms with Crippen molar-refractivity contribution >= 4 is 27.9 Å². The second-order valence-electron chi connectivity index (χ2n) is 6.05. The van der Waals surface area contributed by atoms with Crippen molar-refractivity contribution in [2.75, 3.05) is 20.6 Å². The van der Waals surface area contributed by atoms with Gasteiger partial charge in [-0.15, -0.1) is 6.58 Å². The van der Waals surface area contributed by atoms with Crippen LogP contribution >= 0.6 is 0 Å². The lowest BCUT2D eigenvalue weighted by molar-refractivity contribution is -0.136. The third-order valence-corrected chi connectivity index (χ3v) is 5.33. The van der Waals surface area contributed by atoms with Crippen LogP contribution in [-0.4, -0.2) is 78.3 Å². The first-order valence-corrected chi connectivity index (χ1v) is 9.18. The zero-order valence-corrected chi connectivity index (χ0v) is 15.0. The maximum atomic E-state index is 12.7. The van der Waals surface area contributed by atoms with Crippen LogP contribution in [0.1, 0.15) is 5.56 Å². The minimum absolute atomic E-state index is 0.109. The molecule has 1 aromatic rings. The maximum absolute atomic E-state index is 12.7. The van der Waals surface area contributed by atoms with Gasteiger partial charge >= 0.3 is 6.03 Å². The molecule has 0 aliphatic carbocycles. The molecule has 0 saturated carbocycles. The molecule has 0 bridgehead atoms. The predicted molar refractivity (Wildman–Crippen MR) is 93.2 cm³/mol. The molecule has 0 radical (unpaired) electrons. The number of aliphatic imine (C=N–C) groups is 1. The Morgan fingerprint density at radius 3 is 2.35 bits per heavy atom. The normalized spacial score (nSPS) is 23.2. The lowest BCUT2D eigenvalue weighted by atomic mass is 10.1. The second kappa shape index (κ2) is 6.22. The van der Waals surface area contributed by atoms with Gasteiger partial charge in [0.25, 0.3) is 16.0 Å². The average Bonchev–Trinajstić information content (AvgIpc) is 2.94. The summed E-state index contributed by atoms with van der Waals surface area (Å²) < 4.78 is 31.4. The second-order valence-corrected chi connectivity index (χ2v) is 7.47. The number of amides is 3. The van der Waals surface area contributed by atoms with Crippen LogP contribution in [0.5, 0.6) is 0 Å². The van der Waals surface area contributed by atoms with Crippen molar-refractivity contribution in [3.63, 3.8) is 0 Å². The molecule has 1 fully saturated rings. The quantitative estimate of drug-likeness (QED) is 0.600. The highest BCUT2D eigenvalue weighted by molar-refractivity contribution is 7.85. The van der Waals surface area contributed by atoms with Gasteiger partial charge in [-0.1, -0.05) is 6.08 Å². The Kier molecular flexibility index (Phi) is 4.32. The van der Waals surface area contributed by atoms with Gasteiger partial charge in [-0.25, -0.2) is 9.79 Å². The number of amidine groups is 1. The molecule has 10 heteroatoms. The summed E-state index contributed by atoms with van der Waals surface area (Å²) >= 11 is 0. The monoisotopic (exact) mass is 378 g/mol. The molecule has 3 rings (SSSR count). The zero-order chi connectivity index (χ0) is 19.2. The molecule has 0 aromatic heterocycles. The molecule has 1 N–H and O–H groups in total. The van der Waals surface area contributed by atoms with E-state index in [1.54, 1.807) is 19.0 Å². The van der Waals surface area contributed by atoms with Crippen molar-refractivity contribution in [1.29, 1.82) is 0 Å². The molecule has 2 heterocycles. The Bertz CT molecular complexity index is 909. The molecule has 9 nitrogen and oxygen atoms in total. The molecular formula is C16H18N4O5S. The maximum Gasteiger partial charge on any atom is 0.328 e. The van der Waals surface area contributed by atoms with Crippen molar-refractivity contribution in [1.82, 2.24) is 14.7 Å². The fourth-order valence-corrected chi connectivity index (χ4v) is 3.60. The number of likely N-dealkylation sites (N-methyl/N-ethyl adjacent to an activating group) is 2. The van der Waals surface area contributed by atoms with Gasteiger partial charge in [0.1, 0.15) is 5.84 Å². The topological polar surface area (TPSA) is 111 Å². The highest BCUT2D eigenvalue weighted by Crippen LogP contribution is 2.29. The molecule has 2 unspecified atom stereocenters. The third-order valence-electron chi connectivity index (χ3n) is 4.46. The fraction of sp³-hybridized carbons (Fsp3) is 0.312. The van der Waals surface area contributed by atoms with Crippen molar-refractivity contribution in [3.8, 4) is 0 Å². The summed E-state index contributed by atoms with van der Waals surface area (Å²) in [7, 11) is -1.03. The minimum atomic E-state index is -4.29. The number of urea groups is 1. The minimum Gasteiger partial charge on any atom is -0.344 e. The van der Waals surface area contributed by atoms with Crippen LogP contribution in [0.3, 0.4) is 0 Å². The molecule has 1 saturated heterocycles. The number of carbonyl (C=O) groups excluding carboxylic acids is 2. The first-order valence-electron chi connectivity index (χ1n) is 7.74. The Labute approximate surface area is 151 Å². The highest BCUT2D eigenvalue weighted by Gasteiger charge is 2.50. The first-order chi connectivity index (χ1) is 12.2. The van der Waals surface area contributed by atoms with E-state index in [1.807, 2.05) is 0 Å². The van der Waals surface area contributed by atoms with Gasteiger partial charge in [-0.3, -0.25) is 14.2 Å². The van der Waals surface area contributed by atoms with Crippen LogP contribution in [0.2, 0.25) is 0 Å². The molecule has 2 aliphatic heterocycles. The number of carbonyl (C=O) groups is 2. The predicted octanol–water partition coefficient (Wildman–Crippen LogP) is 0.400. The van der Waals surface area contributed by atoms with Gasteiger partial charge in [0, 0.05) is 26.2 Å². The van der Waals surface area contributed by atoms with Crippen LogP contribution in [-0.2, 0) is 14.9 Å². The Morgan fingerprint density at radius 1 is 1.19 bits per heavy atom. The first kappa shape index (κ1) is 18.1. The van der Waals surface area contributed by atoms with Gasteiger partial charge in [0.2, 0.25) is 0 Å². The Morgan fingerprint density at radius 2 is 1.81 bits per heavy atom. The number of hydrogen-bond acceptors (Lipinski definition) is 6. The third kappa shape index (κ3) is 2.76. The standard InChI is InChI=1S/C16H18N4O5S/c1-4-9-20-15(21)12-14(19(3)16(20)22)17-13(18(12)2)10-5-7-11(8-6-10)26(23,24)25/h4-8,12,14H,1,9H2,2-3H3,(H,23,24,25). The van der Waals surface area contributed by atoms with E-state index in [1.165, 1.54) is 35.2 Å².